The Bertz CT molecular complexity index is 1360. The van der Waals surface area contributed by atoms with Crippen LogP contribution in [0.2, 0.25) is 5.02 Å². The second-order valence-electron chi connectivity index (χ2n) is 10.7. The Hall–Kier alpha value is -3.55. The zero-order valence-corrected chi connectivity index (χ0v) is 26.4. The molecule has 1 heterocycles. The minimum atomic E-state index is -0.0163. The molecule has 3 aromatic rings. The molecule has 1 amide bonds. The predicted molar refractivity (Wildman–Crippen MR) is 175 cm³/mol. The molecule has 2 aromatic carbocycles. The smallest absolute Gasteiger partial charge is 0.223 e. The molecule has 7 nitrogen and oxygen atoms in total. The molecular formula is C35H45ClN4O3. The van der Waals surface area contributed by atoms with Crippen LogP contribution >= 0.6 is 11.6 Å². The number of carbonyl (C=O) groups excluding carboxylic acids is 2. The number of amides is 1. The summed E-state index contributed by atoms with van der Waals surface area (Å²) in [5.41, 5.74) is 11.1. The monoisotopic (exact) mass is 604 g/mol. The van der Waals surface area contributed by atoms with Gasteiger partial charge in [0, 0.05) is 44.3 Å². The Labute approximate surface area is 261 Å². The number of hydrogen-bond donors (Lipinski definition) is 1. The first-order chi connectivity index (χ1) is 20.9. The van der Waals surface area contributed by atoms with E-state index >= 15 is 0 Å². The van der Waals surface area contributed by atoms with E-state index in [1.165, 1.54) is 17.2 Å². The van der Waals surface area contributed by atoms with Gasteiger partial charge >= 0.3 is 0 Å². The van der Waals surface area contributed by atoms with Gasteiger partial charge in [0.15, 0.2) is 5.78 Å². The van der Waals surface area contributed by atoms with Gasteiger partial charge in [-0.25, -0.2) is 9.97 Å². The quantitative estimate of drug-likeness (QED) is 0.121. The number of carbonyl (C=O) groups is 2. The summed E-state index contributed by atoms with van der Waals surface area (Å²) in [5, 5.41) is 0.609. The highest BCUT2D eigenvalue weighted by Gasteiger charge is 2.14. The number of rotatable bonds is 19. The van der Waals surface area contributed by atoms with E-state index in [4.69, 9.17) is 27.1 Å². The first kappa shape index (κ1) is 33.9. The number of unbranched alkanes of at least 4 members (excludes halogenated alkanes) is 1. The predicted octanol–water partition coefficient (Wildman–Crippen LogP) is 6.66. The minimum Gasteiger partial charge on any atom is -0.496 e. The molecule has 0 fully saturated rings. The van der Waals surface area contributed by atoms with Crippen LogP contribution in [0.1, 0.15) is 73.7 Å². The van der Waals surface area contributed by atoms with Gasteiger partial charge in [-0.3, -0.25) is 9.59 Å². The van der Waals surface area contributed by atoms with E-state index in [-0.39, 0.29) is 11.7 Å². The van der Waals surface area contributed by atoms with Gasteiger partial charge in [-0.05, 0) is 93.2 Å². The summed E-state index contributed by atoms with van der Waals surface area (Å²) in [4.78, 5) is 34.7. The normalized spacial score (nSPS) is 10.9. The molecule has 0 spiro atoms. The van der Waals surface area contributed by atoms with Gasteiger partial charge < -0.3 is 15.4 Å². The Morgan fingerprint density at radius 3 is 2.33 bits per heavy atom. The summed E-state index contributed by atoms with van der Waals surface area (Å²) in [7, 11) is 1.65. The minimum absolute atomic E-state index is 0.0163. The number of aromatic nitrogens is 2. The van der Waals surface area contributed by atoms with Gasteiger partial charge in [-0.2, -0.15) is 0 Å². The first-order valence-corrected chi connectivity index (χ1v) is 15.6. The largest absolute Gasteiger partial charge is 0.496 e. The number of allylic oxidation sites excluding steroid dienone is 1. The van der Waals surface area contributed by atoms with Gasteiger partial charge in [0.25, 0.3) is 0 Å². The van der Waals surface area contributed by atoms with Crippen molar-refractivity contribution in [1.82, 2.24) is 9.97 Å². The first-order valence-electron chi connectivity index (χ1n) is 15.2. The molecule has 0 bridgehead atoms. The van der Waals surface area contributed by atoms with E-state index in [1.807, 2.05) is 18.2 Å². The third-order valence-corrected chi connectivity index (χ3v) is 7.90. The van der Waals surface area contributed by atoms with Gasteiger partial charge in [0.1, 0.15) is 11.6 Å². The summed E-state index contributed by atoms with van der Waals surface area (Å²) >= 11 is 6.46. The third kappa shape index (κ3) is 10.9. The van der Waals surface area contributed by atoms with Gasteiger partial charge in [-0.15, -0.1) is 0 Å². The Kier molecular flexibility index (Phi) is 14.4. The lowest BCUT2D eigenvalue weighted by atomic mass is 9.97. The molecule has 0 unspecified atom stereocenters. The SMILES string of the molecule is C=CC(=O)CCCc1ccccc1CCCCc1nc(CCCc2ccc(N(CCCN)C(C)=O)cc2OC)ncc1Cl. The lowest BCUT2D eigenvalue weighted by Crippen LogP contribution is -2.30. The molecule has 0 saturated carbocycles. The molecule has 2 N–H and O–H groups in total. The second-order valence-corrected chi connectivity index (χ2v) is 11.2. The van der Waals surface area contributed by atoms with E-state index in [0.29, 0.717) is 24.5 Å². The standard InChI is InChI=1S/C35H45ClN4O3/c1-4-31(42)17-9-15-28-13-6-5-12-27(28)14-7-8-18-33-32(36)25-38-35(39-33)19-10-16-29-20-21-30(24-34(29)43-3)40(26(2)41)23-11-22-37/h4-6,12-13,20-21,24-25H,1,7-11,14-19,22-23,37H2,2-3H3. The van der Waals surface area contributed by atoms with Crippen LogP contribution in [-0.4, -0.2) is 41.9 Å². The van der Waals surface area contributed by atoms with Crippen molar-refractivity contribution in [2.24, 2.45) is 5.73 Å². The second kappa shape index (κ2) is 18.2. The van der Waals surface area contributed by atoms with Crippen LogP contribution in [0.15, 0.2) is 61.3 Å². The zero-order chi connectivity index (χ0) is 31.0. The van der Waals surface area contributed by atoms with Crippen molar-refractivity contribution in [3.8, 4) is 5.75 Å². The van der Waals surface area contributed by atoms with Gasteiger partial charge in [0.2, 0.25) is 5.91 Å². The molecule has 1 aromatic heterocycles. The van der Waals surface area contributed by atoms with E-state index in [2.05, 4.69) is 35.8 Å². The Balaban J connectivity index is 1.51. The third-order valence-electron chi connectivity index (χ3n) is 7.59. The van der Waals surface area contributed by atoms with Crippen molar-refractivity contribution in [1.29, 1.82) is 0 Å². The molecule has 0 aliphatic rings. The number of halogens is 1. The molecule has 0 aliphatic heterocycles. The van der Waals surface area contributed by atoms with Gasteiger partial charge in [0.05, 0.1) is 17.8 Å². The van der Waals surface area contributed by atoms with Crippen LogP contribution in [0.5, 0.6) is 5.75 Å². The highest BCUT2D eigenvalue weighted by molar-refractivity contribution is 6.31. The van der Waals surface area contributed by atoms with Crippen molar-refractivity contribution < 1.29 is 14.3 Å². The molecule has 0 saturated heterocycles. The number of ketones is 1. The van der Waals surface area contributed by atoms with Crippen molar-refractivity contribution in [3.63, 3.8) is 0 Å². The van der Waals surface area contributed by atoms with Gasteiger partial charge in [-0.1, -0.05) is 48.5 Å². The number of benzene rings is 2. The lowest BCUT2D eigenvalue weighted by Gasteiger charge is -2.22. The topological polar surface area (TPSA) is 98.4 Å². The number of anilines is 1. The fourth-order valence-electron chi connectivity index (χ4n) is 5.21. The van der Waals surface area contributed by atoms with Crippen LogP contribution < -0.4 is 15.4 Å². The molecule has 43 heavy (non-hydrogen) atoms. The van der Waals surface area contributed by atoms with Crippen LogP contribution in [0.4, 0.5) is 5.69 Å². The van der Waals surface area contributed by atoms with E-state index in [0.717, 1.165) is 92.7 Å². The number of methoxy groups -OCH3 is 1. The summed E-state index contributed by atoms with van der Waals surface area (Å²) in [6.45, 7) is 6.23. The number of ether oxygens (including phenoxy) is 1. The molecule has 0 atom stereocenters. The lowest BCUT2D eigenvalue weighted by molar-refractivity contribution is -0.116. The van der Waals surface area contributed by atoms with E-state index in [9.17, 15) is 9.59 Å². The Morgan fingerprint density at radius 1 is 0.953 bits per heavy atom. The molecule has 230 valence electrons. The molecule has 8 heteroatoms. The summed E-state index contributed by atoms with van der Waals surface area (Å²) < 4.78 is 5.66. The summed E-state index contributed by atoms with van der Waals surface area (Å²) in [5.74, 6) is 1.64. The fourth-order valence-corrected chi connectivity index (χ4v) is 5.40. The van der Waals surface area contributed by atoms with Crippen LogP contribution in [-0.2, 0) is 41.7 Å². The number of nitrogens with two attached hydrogens (primary N) is 1. The van der Waals surface area contributed by atoms with Crippen molar-refractivity contribution in [2.45, 2.75) is 77.6 Å². The van der Waals surface area contributed by atoms with Crippen molar-refractivity contribution in [2.75, 3.05) is 25.1 Å². The summed E-state index contributed by atoms with van der Waals surface area (Å²) in [6, 6.07) is 14.4. The average molecular weight is 605 g/mol. The zero-order valence-electron chi connectivity index (χ0n) is 25.6. The van der Waals surface area contributed by atoms with Crippen LogP contribution in [0.3, 0.4) is 0 Å². The van der Waals surface area contributed by atoms with Crippen molar-refractivity contribution >= 4 is 29.0 Å². The number of aryl methyl sites for hydroxylation is 5. The average Bonchev–Trinajstić information content (AvgIpc) is 3.01. The molecule has 3 rings (SSSR count). The summed E-state index contributed by atoms with van der Waals surface area (Å²) in [6.07, 6.45) is 12.3. The maximum atomic E-state index is 12.1. The highest BCUT2D eigenvalue weighted by atomic mass is 35.5. The van der Waals surface area contributed by atoms with Crippen LogP contribution in [0, 0.1) is 0 Å². The Morgan fingerprint density at radius 2 is 1.65 bits per heavy atom. The van der Waals surface area contributed by atoms with E-state index < -0.39 is 0 Å². The van der Waals surface area contributed by atoms with E-state index in [1.54, 1.807) is 25.1 Å². The highest BCUT2D eigenvalue weighted by Crippen LogP contribution is 2.28. The molecule has 0 radical (unpaired) electrons. The molecular weight excluding hydrogens is 560 g/mol. The maximum absolute atomic E-state index is 12.1. The maximum Gasteiger partial charge on any atom is 0.223 e. The van der Waals surface area contributed by atoms with Crippen LogP contribution in [0.25, 0.3) is 0 Å². The number of hydrogen-bond acceptors (Lipinski definition) is 6. The number of nitrogens with zero attached hydrogens (tertiary/aromatic N) is 3. The fraction of sp³-hybridized carbons (Fsp3) is 0.429. The molecule has 0 aliphatic carbocycles. The van der Waals surface area contributed by atoms with Crippen molar-refractivity contribution in [3.05, 3.63) is 94.5 Å².